The Hall–Kier alpha value is -2.93. The Kier molecular flexibility index (Phi) is 7.60. The minimum absolute atomic E-state index is 0.0452. The smallest absolute Gasteiger partial charge is 0.262 e. The first-order chi connectivity index (χ1) is 16.0. The molecule has 0 radical (unpaired) electrons. The quantitative estimate of drug-likeness (QED) is 0.209. The Balaban J connectivity index is 1.51. The molecule has 3 aromatic rings. The molecule has 4 rings (SSSR count). The first-order valence-electron chi connectivity index (χ1n) is 11.6. The number of carbonyl (C=O) groups is 2. The van der Waals surface area contributed by atoms with Gasteiger partial charge in [0.25, 0.3) is 5.56 Å². The third-order valence-corrected chi connectivity index (χ3v) is 7.11. The van der Waals surface area contributed by atoms with Crippen molar-refractivity contribution in [1.82, 2.24) is 9.55 Å². The number of fused-ring (bicyclic) bond motifs is 2. The van der Waals surface area contributed by atoms with E-state index in [9.17, 15) is 14.4 Å². The fourth-order valence-electron chi connectivity index (χ4n) is 4.32. The summed E-state index contributed by atoms with van der Waals surface area (Å²) in [6, 6.07) is 13.3. The van der Waals surface area contributed by atoms with Gasteiger partial charge in [-0.05, 0) is 67.9 Å². The van der Waals surface area contributed by atoms with Gasteiger partial charge in [-0.1, -0.05) is 42.4 Å². The molecule has 0 aliphatic heterocycles. The summed E-state index contributed by atoms with van der Waals surface area (Å²) in [7, 11) is 0. The van der Waals surface area contributed by atoms with Gasteiger partial charge in [-0.2, -0.15) is 0 Å². The van der Waals surface area contributed by atoms with Crippen LogP contribution >= 0.6 is 11.8 Å². The Bertz CT molecular complexity index is 1240. The van der Waals surface area contributed by atoms with Crippen molar-refractivity contribution >= 4 is 34.4 Å². The van der Waals surface area contributed by atoms with E-state index >= 15 is 0 Å². The summed E-state index contributed by atoms with van der Waals surface area (Å²) in [5.41, 5.74) is 9.11. The van der Waals surface area contributed by atoms with Gasteiger partial charge in [0, 0.05) is 18.5 Å². The Morgan fingerprint density at radius 3 is 2.61 bits per heavy atom. The number of thioether (sulfide) groups is 1. The average molecular weight is 464 g/mol. The van der Waals surface area contributed by atoms with Crippen molar-refractivity contribution in [2.24, 2.45) is 5.73 Å². The number of aryl methyl sites for hydroxylation is 2. The van der Waals surface area contributed by atoms with E-state index < -0.39 is 0 Å². The standard InChI is InChI=1S/C26H29N3O3S/c27-24(31)12-2-1-7-15-29-25(32)21-10-5-6-11-22(21)28-26(29)33-17-23(30)20-14-13-18-8-3-4-9-19(18)16-20/h5-6,10-11,13-14,16H,1-4,7-9,12,15,17H2,(H2,27,31). The van der Waals surface area contributed by atoms with Gasteiger partial charge in [-0.25, -0.2) is 4.98 Å². The van der Waals surface area contributed by atoms with Crippen LogP contribution in [0.25, 0.3) is 10.9 Å². The number of amides is 1. The van der Waals surface area contributed by atoms with Crippen LogP contribution in [0.5, 0.6) is 0 Å². The molecule has 0 saturated carbocycles. The van der Waals surface area contributed by atoms with E-state index in [1.807, 2.05) is 30.3 Å². The monoisotopic (exact) mass is 463 g/mol. The van der Waals surface area contributed by atoms with Crippen LogP contribution in [0, 0.1) is 0 Å². The zero-order valence-electron chi connectivity index (χ0n) is 18.7. The van der Waals surface area contributed by atoms with Gasteiger partial charge in [-0.3, -0.25) is 19.0 Å². The summed E-state index contributed by atoms with van der Waals surface area (Å²) in [5.74, 6) is -0.0362. The lowest BCUT2D eigenvalue weighted by atomic mass is 9.90. The maximum absolute atomic E-state index is 13.1. The SMILES string of the molecule is NC(=O)CCCCCn1c(SCC(=O)c2ccc3c(c2)CCCC3)nc2ccccc2c1=O. The number of nitrogens with zero attached hydrogens (tertiary/aromatic N) is 2. The number of benzene rings is 2. The third kappa shape index (κ3) is 5.71. The summed E-state index contributed by atoms with van der Waals surface area (Å²) in [4.78, 5) is 41.7. The number of hydrogen-bond donors (Lipinski definition) is 1. The number of ketones is 1. The van der Waals surface area contributed by atoms with Gasteiger partial charge in [0.15, 0.2) is 10.9 Å². The summed E-state index contributed by atoms with van der Waals surface area (Å²) in [6.07, 6.45) is 7.08. The Morgan fingerprint density at radius 2 is 1.79 bits per heavy atom. The molecular formula is C26H29N3O3S. The third-order valence-electron chi connectivity index (χ3n) is 6.13. The summed E-state index contributed by atoms with van der Waals surface area (Å²) in [5, 5.41) is 1.12. The summed E-state index contributed by atoms with van der Waals surface area (Å²) >= 11 is 1.31. The molecule has 33 heavy (non-hydrogen) atoms. The zero-order valence-corrected chi connectivity index (χ0v) is 19.5. The van der Waals surface area contributed by atoms with Crippen LogP contribution in [-0.4, -0.2) is 27.0 Å². The number of carbonyl (C=O) groups excluding carboxylic acids is 2. The predicted molar refractivity (Wildman–Crippen MR) is 132 cm³/mol. The average Bonchev–Trinajstić information content (AvgIpc) is 2.83. The van der Waals surface area contributed by atoms with Crippen LogP contribution in [0.4, 0.5) is 0 Å². The second kappa shape index (κ2) is 10.8. The van der Waals surface area contributed by atoms with E-state index in [1.54, 1.807) is 10.6 Å². The molecule has 1 aliphatic rings. The minimum atomic E-state index is -0.309. The molecule has 0 unspecified atom stereocenters. The normalized spacial score (nSPS) is 13.1. The molecule has 1 amide bonds. The van der Waals surface area contributed by atoms with E-state index in [0.29, 0.717) is 35.4 Å². The van der Waals surface area contributed by atoms with Crippen LogP contribution in [0.1, 0.15) is 60.0 Å². The largest absolute Gasteiger partial charge is 0.370 e. The van der Waals surface area contributed by atoms with Crippen molar-refractivity contribution in [3.8, 4) is 0 Å². The Morgan fingerprint density at radius 1 is 1.00 bits per heavy atom. The van der Waals surface area contributed by atoms with Gasteiger partial charge < -0.3 is 5.73 Å². The van der Waals surface area contributed by atoms with Crippen LogP contribution < -0.4 is 11.3 Å². The lowest BCUT2D eigenvalue weighted by molar-refractivity contribution is -0.118. The first kappa shape index (κ1) is 23.2. The predicted octanol–water partition coefficient (Wildman–Crippen LogP) is 4.30. The Labute approximate surface area is 197 Å². The number of nitrogens with two attached hydrogens (primary N) is 1. The highest BCUT2D eigenvalue weighted by molar-refractivity contribution is 7.99. The maximum atomic E-state index is 13.1. The van der Waals surface area contributed by atoms with Crippen LogP contribution in [0.3, 0.4) is 0 Å². The minimum Gasteiger partial charge on any atom is -0.370 e. The highest BCUT2D eigenvalue weighted by atomic mass is 32.2. The highest BCUT2D eigenvalue weighted by Crippen LogP contribution is 2.24. The molecule has 2 N–H and O–H groups in total. The van der Waals surface area contributed by atoms with Crippen molar-refractivity contribution in [3.63, 3.8) is 0 Å². The second-order valence-electron chi connectivity index (χ2n) is 8.55. The highest BCUT2D eigenvalue weighted by Gasteiger charge is 2.16. The number of primary amides is 1. The molecule has 172 valence electrons. The summed E-state index contributed by atoms with van der Waals surface area (Å²) in [6.45, 7) is 0.491. The molecule has 1 heterocycles. The van der Waals surface area contributed by atoms with Crippen molar-refractivity contribution < 1.29 is 9.59 Å². The van der Waals surface area contributed by atoms with Crippen LogP contribution in [0.15, 0.2) is 52.4 Å². The molecule has 7 heteroatoms. The summed E-state index contributed by atoms with van der Waals surface area (Å²) < 4.78 is 1.66. The van der Waals surface area contributed by atoms with Gasteiger partial charge in [-0.15, -0.1) is 0 Å². The number of hydrogen-bond acceptors (Lipinski definition) is 5. The molecular weight excluding hydrogens is 434 g/mol. The lowest BCUT2D eigenvalue weighted by Gasteiger charge is -2.16. The van der Waals surface area contributed by atoms with Crippen LogP contribution in [-0.2, 0) is 24.2 Å². The number of para-hydroxylation sites is 1. The molecule has 1 aliphatic carbocycles. The van der Waals surface area contributed by atoms with Crippen molar-refractivity contribution in [1.29, 1.82) is 0 Å². The molecule has 2 aromatic carbocycles. The van der Waals surface area contributed by atoms with E-state index in [0.717, 1.165) is 31.2 Å². The molecule has 0 bridgehead atoms. The lowest BCUT2D eigenvalue weighted by Crippen LogP contribution is -2.24. The number of Topliss-reactive ketones (excluding diaryl/α,β-unsaturated/α-hetero) is 1. The van der Waals surface area contributed by atoms with E-state index in [1.165, 1.54) is 35.7 Å². The molecule has 0 saturated heterocycles. The number of rotatable bonds is 10. The number of unbranched alkanes of at least 4 members (excludes halogenated alkanes) is 2. The second-order valence-corrected chi connectivity index (χ2v) is 9.49. The van der Waals surface area contributed by atoms with E-state index in [2.05, 4.69) is 6.07 Å². The molecule has 6 nitrogen and oxygen atoms in total. The molecule has 1 aromatic heterocycles. The van der Waals surface area contributed by atoms with E-state index in [-0.39, 0.29) is 23.0 Å². The molecule has 0 atom stereocenters. The maximum Gasteiger partial charge on any atom is 0.262 e. The topological polar surface area (TPSA) is 95.1 Å². The number of aromatic nitrogens is 2. The van der Waals surface area contributed by atoms with Crippen molar-refractivity contribution in [2.45, 2.75) is 63.1 Å². The fraction of sp³-hybridized carbons (Fsp3) is 0.385. The van der Waals surface area contributed by atoms with Gasteiger partial charge in [0.1, 0.15) is 0 Å². The zero-order chi connectivity index (χ0) is 23.2. The van der Waals surface area contributed by atoms with Crippen molar-refractivity contribution in [2.75, 3.05) is 5.75 Å². The first-order valence-corrected chi connectivity index (χ1v) is 12.6. The van der Waals surface area contributed by atoms with Crippen molar-refractivity contribution in [3.05, 3.63) is 69.5 Å². The van der Waals surface area contributed by atoms with Crippen LogP contribution in [0.2, 0.25) is 0 Å². The molecule has 0 fully saturated rings. The van der Waals surface area contributed by atoms with E-state index in [4.69, 9.17) is 10.7 Å². The fourth-order valence-corrected chi connectivity index (χ4v) is 5.24. The van der Waals surface area contributed by atoms with Gasteiger partial charge in [0.05, 0.1) is 16.7 Å². The van der Waals surface area contributed by atoms with Gasteiger partial charge >= 0.3 is 0 Å². The van der Waals surface area contributed by atoms with Gasteiger partial charge in [0.2, 0.25) is 5.91 Å². The molecule has 0 spiro atoms.